The maximum atomic E-state index is 6.21. The van der Waals surface area contributed by atoms with Crippen molar-refractivity contribution in [2.75, 3.05) is 6.61 Å². The summed E-state index contributed by atoms with van der Waals surface area (Å²) in [5.74, 6) is 1.38. The van der Waals surface area contributed by atoms with Crippen LogP contribution in [0.2, 0.25) is 0 Å². The lowest BCUT2D eigenvalue weighted by Gasteiger charge is -2.16. The molecule has 0 radical (unpaired) electrons. The van der Waals surface area contributed by atoms with E-state index in [0.717, 1.165) is 35.7 Å². The average Bonchev–Trinajstić information content (AvgIpc) is 2.77. The molecule has 0 heterocycles. The average molecular weight is 437 g/mol. The highest BCUT2D eigenvalue weighted by molar-refractivity contribution is 5.54. The van der Waals surface area contributed by atoms with Gasteiger partial charge in [-0.2, -0.15) is 10.2 Å². The van der Waals surface area contributed by atoms with E-state index in [2.05, 4.69) is 69.1 Å². The summed E-state index contributed by atoms with van der Waals surface area (Å²) in [5, 5.41) is 8.95. The molecule has 0 fully saturated rings. The number of unbranched alkanes of at least 4 members (excludes halogenated alkanes) is 9. The van der Waals surface area contributed by atoms with E-state index in [4.69, 9.17) is 4.74 Å². The zero-order valence-corrected chi connectivity index (χ0v) is 21.1. The van der Waals surface area contributed by atoms with Crippen molar-refractivity contribution in [3.05, 3.63) is 53.1 Å². The maximum absolute atomic E-state index is 6.21. The summed E-state index contributed by atoms with van der Waals surface area (Å²) < 4.78 is 6.21. The van der Waals surface area contributed by atoms with Crippen molar-refractivity contribution < 1.29 is 4.74 Å². The fraction of sp³-hybridized carbons (Fsp3) is 0.586. The second-order valence-corrected chi connectivity index (χ2v) is 9.40. The first kappa shape index (κ1) is 26.1. The number of hydrogen-bond acceptors (Lipinski definition) is 3. The van der Waals surface area contributed by atoms with Gasteiger partial charge in [-0.05, 0) is 61.6 Å². The highest BCUT2D eigenvalue weighted by Crippen LogP contribution is 2.34. The summed E-state index contributed by atoms with van der Waals surface area (Å²) in [6.45, 7) is 11.6. The summed E-state index contributed by atoms with van der Waals surface area (Å²) in [5.41, 5.74) is 5.33. The van der Waals surface area contributed by atoms with Gasteiger partial charge in [-0.3, -0.25) is 0 Å². The molecule has 0 atom stereocenters. The zero-order chi connectivity index (χ0) is 23.2. The number of rotatable bonds is 15. The van der Waals surface area contributed by atoms with Crippen LogP contribution < -0.4 is 4.74 Å². The van der Waals surface area contributed by atoms with Crippen LogP contribution in [0.15, 0.2) is 46.6 Å². The topological polar surface area (TPSA) is 34.0 Å². The van der Waals surface area contributed by atoms with Crippen molar-refractivity contribution in [1.29, 1.82) is 0 Å². The van der Waals surface area contributed by atoms with Gasteiger partial charge in [0, 0.05) is 0 Å². The second-order valence-electron chi connectivity index (χ2n) is 9.40. The molecule has 176 valence electrons. The quantitative estimate of drug-likeness (QED) is 0.202. The van der Waals surface area contributed by atoms with Gasteiger partial charge in [-0.15, -0.1) is 0 Å². The molecule has 0 N–H and O–H groups in total. The largest absolute Gasteiger partial charge is 0.493 e. The van der Waals surface area contributed by atoms with E-state index in [1.807, 2.05) is 12.1 Å². The van der Waals surface area contributed by atoms with Gasteiger partial charge >= 0.3 is 0 Å². The van der Waals surface area contributed by atoms with Crippen molar-refractivity contribution in [2.45, 2.75) is 105 Å². The molecule has 3 heteroatoms. The Hall–Kier alpha value is -2.16. The molecule has 0 unspecified atom stereocenters. The third-order valence-corrected chi connectivity index (χ3v) is 6.01. The predicted octanol–water partition coefficient (Wildman–Crippen LogP) is 10.1. The van der Waals surface area contributed by atoms with Gasteiger partial charge in [0.2, 0.25) is 0 Å². The number of hydrogen-bond donors (Lipinski definition) is 0. The Kier molecular flexibility index (Phi) is 12.1. The van der Waals surface area contributed by atoms with Crippen LogP contribution in [0.25, 0.3) is 0 Å². The number of benzene rings is 2. The van der Waals surface area contributed by atoms with Crippen LogP contribution in [0.3, 0.4) is 0 Å². The number of azo groups is 1. The minimum Gasteiger partial charge on any atom is -0.493 e. The van der Waals surface area contributed by atoms with E-state index >= 15 is 0 Å². The van der Waals surface area contributed by atoms with Gasteiger partial charge in [0.1, 0.15) is 5.75 Å². The third kappa shape index (κ3) is 9.54. The highest BCUT2D eigenvalue weighted by atomic mass is 16.5. The maximum Gasteiger partial charge on any atom is 0.123 e. The molecule has 0 saturated heterocycles. The second kappa shape index (κ2) is 14.8. The normalized spacial score (nSPS) is 11.6. The molecule has 0 aliphatic rings. The Labute approximate surface area is 196 Å². The minimum absolute atomic E-state index is 0.381. The summed E-state index contributed by atoms with van der Waals surface area (Å²) in [6.07, 6.45) is 13.4. The fourth-order valence-corrected chi connectivity index (χ4v) is 3.86. The molecular formula is C29H44N2O. The lowest BCUT2D eigenvalue weighted by atomic mass is 9.99. The third-order valence-electron chi connectivity index (χ3n) is 6.01. The lowest BCUT2D eigenvalue weighted by Crippen LogP contribution is -2.02. The van der Waals surface area contributed by atoms with E-state index < -0.39 is 0 Å². The van der Waals surface area contributed by atoms with Crippen molar-refractivity contribution in [1.82, 2.24) is 0 Å². The molecule has 0 aromatic heterocycles. The summed E-state index contributed by atoms with van der Waals surface area (Å²) in [7, 11) is 0. The van der Waals surface area contributed by atoms with Gasteiger partial charge in [0.05, 0.1) is 18.0 Å². The Bertz CT molecular complexity index is 809. The van der Waals surface area contributed by atoms with E-state index in [-0.39, 0.29) is 0 Å². The molecule has 2 aromatic carbocycles. The van der Waals surface area contributed by atoms with Crippen LogP contribution in [0, 0.1) is 13.8 Å². The molecule has 2 aromatic rings. The van der Waals surface area contributed by atoms with Crippen molar-refractivity contribution in [2.24, 2.45) is 10.2 Å². The molecule has 0 bridgehead atoms. The molecule has 0 spiro atoms. The molecule has 0 aliphatic carbocycles. The van der Waals surface area contributed by atoms with Gasteiger partial charge < -0.3 is 4.74 Å². The van der Waals surface area contributed by atoms with Crippen LogP contribution in [-0.4, -0.2) is 6.61 Å². The van der Waals surface area contributed by atoms with Crippen molar-refractivity contribution in [3.63, 3.8) is 0 Å². The van der Waals surface area contributed by atoms with Gasteiger partial charge in [0.15, 0.2) is 0 Å². The number of aryl methyl sites for hydroxylation is 2. The summed E-state index contributed by atoms with van der Waals surface area (Å²) >= 11 is 0. The van der Waals surface area contributed by atoms with Crippen molar-refractivity contribution in [3.8, 4) is 5.75 Å². The monoisotopic (exact) mass is 436 g/mol. The Balaban J connectivity index is 1.81. The number of nitrogens with zero attached hydrogens (tertiary/aromatic N) is 2. The number of ether oxygens (including phenoxy) is 1. The van der Waals surface area contributed by atoms with Crippen LogP contribution in [0.4, 0.5) is 11.4 Å². The predicted molar refractivity (Wildman–Crippen MR) is 138 cm³/mol. The van der Waals surface area contributed by atoms with Crippen LogP contribution in [-0.2, 0) is 0 Å². The molecular weight excluding hydrogens is 392 g/mol. The smallest absolute Gasteiger partial charge is 0.123 e. The Morgan fingerprint density at radius 3 is 1.94 bits per heavy atom. The van der Waals surface area contributed by atoms with Gasteiger partial charge in [-0.25, -0.2) is 0 Å². The van der Waals surface area contributed by atoms with E-state index in [9.17, 15) is 0 Å². The molecule has 0 amide bonds. The lowest BCUT2D eigenvalue weighted by molar-refractivity contribution is 0.300. The Morgan fingerprint density at radius 2 is 1.34 bits per heavy atom. The molecule has 0 aliphatic heterocycles. The van der Waals surface area contributed by atoms with Gasteiger partial charge in [-0.1, -0.05) is 96.3 Å². The molecule has 0 saturated carbocycles. The fourth-order valence-electron chi connectivity index (χ4n) is 3.86. The zero-order valence-electron chi connectivity index (χ0n) is 21.1. The van der Waals surface area contributed by atoms with Crippen LogP contribution >= 0.6 is 0 Å². The van der Waals surface area contributed by atoms with Gasteiger partial charge in [0.25, 0.3) is 0 Å². The summed E-state index contributed by atoms with van der Waals surface area (Å²) in [6, 6.07) is 12.4. The molecule has 3 nitrogen and oxygen atoms in total. The highest BCUT2D eigenvalue weighted by Gasteiger charge is 2.12. The minimum atomic E-state index is 0.381. The SMILES string of the molecule is CCCCCCCCCCCCOc1cc(C)c(/N=N/c2ccc(C)cc2)cc1C(C)C. The van der Waals surface area contributed by atoms with E-state index in [0.29, 0.717) is 5.92 Å². The van der Waals surface area contributed by atoms with Crippen molar-refractivity contribution >= 4 is 11.4 Å². The first-order valence-corrected chi connectivity index (χ1v) is 12.8. The standard InChI is InChI=1S/C29H44N2O/c1-6-7-8-9-10-11-12-13-14-15-20-32-29-21-25(5)28(22-27(29)23(2)3)31-30-26-18-16-24(4)17-19-26/h16-19,21-23H,6-15,20H2,1-5H3/b31-30+. The van der Waals surface area contributed by atoms with Crippen LogP contribution in [0.5, 0.6) is 5.75 Å². The summed E-state index contributed by atoms with van der Waals surface area (Å²) in [4.78, 5) is 0. The molecule has 32 heavy (non-hydrogen) atoms. The van der Waals surface area contributed by atoms with E-state index in [1.165, 1.54) is 68.9 Å². The first-order chi connectivity index (χ1) is 15.5. The van der Waals surface area contributed by atoms with E-state index in [1.54, 1.807) is 0 Å². The molecule has 2 rings (SSSR count). The Morgan fingerprint density at radius 1 is 0.750 bits per heavy atom. The first-order valence-electron chi connectivity index (χ1n) is 12.8. The van der Waals surface area contributed by atoms with Crippen LogP contribution in [0.1, 0.15) is 108 Å².